The Balaban J connectivity index is 2.23. The van der Waals surface area contributed by atoms with Gasteiger partial charge in [0.25, 0.3) is 0 Å². The quantitative estimate of drug-likeness (QED) is 0.738. The maximum Gasteiger partial charge on any atom is 0.337 e. The highest BCUT2D eigenvalue weighted by atomic mass is 19.1. The number of nitrogens with one attached hydrogen (secondary N) is 1. The highest BCUT2D eigenvalue weighted by Gasteiger charge is 2.25. The number of rotatable bonds is 4. The Morgan fingerprint density at radius 3 is 2.80 bits per heavy atom. The van der Waals surface area contributed by atoms with Gasteiger partial charge >= 0.3 is 5.97 Å². The maximum atomic E-state index is 13.9. The van der Waals surface area contributed by atoms with E-state index >= 15 is 0 Å². The van der Waals surface area contributed by atoms with Crippen molar-refractivity contribution in [3.8, 4) is 0 Å². The smallest absolute Gasteiger partial charge is 0.337 e. The van der Waals surface area contributed by atoms with Gasteiger partial charge in [0.1, 0.15) is 5.82 Å². The Bertz CT molecular complexity index is 505. The molecule has 0 spiro atoms. The molecule has 0 radical (unpaired) electrons. The van der Waals surface area contributed by atoms with E-state index in [0.717, 1.165) is 31.7 Å². The maximum absolute atomic E-state index is 13.9. The van der Waals surface area contributed by atoms with Crippen LogP contribution in [0.15, 0.2) is 12.1 Å². The topological polar surface area (TPSA) is 75.3 Å². The number of aromatic carboxylic acids is 1. The van der Waals surface area contributed by atoms with E-state index in [1.807, 2.05) is 0 Å². The Kier molecular flexibility index (Phi) is 4.47. The first-order chi connectivity index (χ1) is 9.52. The van der Waals surface area contributed by atoms with Crippen LogP contribution in [0.4, 0.5) is 15.8 Å². The zero-order valence-electron chi connectivity index (χ0n) is 11.7. The van der Waals surface area contributed by atoms with E-state index in [-0.39, 0.29) is 23.0 Å². The average molecular weight is 280 g/mol. The number of carboxylic acids is 1. The minimum absolute atomic E-state index is 0.0452. The van der Waals surface area contributed by atoms with Crippen molar-refractivity contribution in [2.24, 2.45) is 5.92 Å². The van der Waals surface area contributed by atoms with Crippen molar-refractivity contribution in [3.63, 3.8) is 0 Å². The van der Waals surface area contributed by atoms with Crippen molar-refractivity contribution in [1.82, 2.24) is 0 Å². The molecule has 2 atom stereocenters. The molecule has 0 saturated heterocycles. The number of nitrogens with two attached hydrogens (primary N) is 1. The second kappa shape index (κ2) is 6.11. The molecule has 0 bridgehead atoms. The summed E-state index contributed by atoms with van der Waals surface area (Å²) in [6.45, 7) is 2.13. The van der Waals surface area contributed by atoms with Gasteiger partial charge in [-0.2, -0.15) is 0 Å². The van der Waals surface area contributed by atoms with Crippen LogP contribution in [0.25, 0.3) is 0 Å². The molecule has 4 N–H and O–H groups in total. The number of hydrogen-bond donors (Lipinski definition) is 3. The van der Waals surface area contributed by atoms with Gasteiger partial charge < -0.3 is 16.2 Å². The molecule has 0 aliphatic heterocycles. The van der Waals surface area contributed by atoms with Crippen LogP contribution in [-0.2, 0) is 0 Å². The third-order valence-corrected chi connectivity index (χ3v) is 4.14. The largest absolute Gasteiger partial charge is 0.478 e. The first-order valence-corrected chi connectivity index (χ1v) is 7.11. The molecule has 1 aliphatic rings. The molecule has 1 fully saturated rings. The minimum Gasteiger partial charge on any atom is -0.478 e. The van der Waals surface area contributed by atoms with Gasteiger partial charge in [0, 0.05) is 11.7 Å². The molecule has 20 heavy (non-hydrogen) atoms. The molecule has 5 heteroatoms. The molecule has 0 heterocycles. The van der Waals surface area contributed by atoms with Crippen molar-refractivity contribution in [3.05, 3.63) is 23.5 Å². The van der Waals surface area contributed by atoms with Crippen LogP contribution >= 0.6 is 0 Å². The van der Waals surface area contributed by atoms with E-state index in [4.69, 9.17) is 10.8 Å². The molecule has 110 valence electrons. The number of nitrogen functional groups attached to an aromatic ring is 1. The van der Waals surface area contributed by atoms with Gasteiger partial charge in [-0.15, -0.1) is 0 Å². The van der Waals surface area contributed by atoms with E-state index in [1.54, 1.807) is 0 Å². The van der Waals surface area contributed by atoms with E-state index < -0.39 is 11.8 Å². The summed E-state index contributed by atoms with van der Waals surface area (Å²) in [4.78, 5) is 11.1. The second-order valence-electron chi connectivity index (χ2n) is 5.43. The summed E-state index contributed by atoms with van der Waals surface area (Å²) in [6.07, 6.45) is 5.50. The molecule has 2 rings (SSSR count). The summed E-state index contributed by atoms with van der Waals surface area (Å²) in [5.74, 6) is -1.12. The van der Waals surface area contributed by atoms with Gasteiger partial charge in [-0.25, -0.2) is 9.18 Å². The second-order valence-corrected chi connectivity index (χ2v) is 5.43. The lowest BCUT2D eigenvalue weighted by Gasteiger charge is -2.32. The van der Waals surface area contributed by atoms with Gasteiger partial charge in [-0.1, -0.05) is 26.2 Å². The molecule has 0 aromatic heterocycles. The number of carboxylic acid groups (broad SMARTS) is 1. The SMILES string of the molecule is CCC1CCCCC1Nc1cc(C(=O)O)c(N)cc1F. The van der Waals surface area contributed by atoms with Gasteiger partial charge in [-0.3, -0.25) is 0 Å². The number of anilines is 2. The van der Waals surface area contributed by atoms with Crippen molar-refractivity contribution < 1.29 is 14.3 Å². The molecule has 1 aromatic rings. The van der Waals surface area contributed by atoms with Crippen molar-refractivity contribution in [2.45, 2.75) is 45.1 Å². The lowest BCUT2D eigenvalue weighted by molar-refractivity contribution is 0.0698. The molecule has 2 unspecified atom stereocenters. The molecule has 1 aromatic carbocycles. The normalized spacial score (nSPS) is 22.5. The molecule has 4 nitrogen and oxygen atoms in total. The van der Waals surface area contributed by atoms with Crippen molar-refractivity contribution >= 4 is 17.3 Å². The van der Waals surface area contributed by atoms with E-state index in [1.165, 1.54) is 12.5 Å². The van der Waals surface area contributed by atoms with Crippen molar-refractivity contribution in [2.75, 3.05) is 11.1 Å². The predicted octanol–water partition coefficient (Wildman–Crippen LogP) is 3.49. The zero-order chi connectivity index (χ0) is 14.7. The molecule has 0 amide bonds. The van der Waals surface area contributed by atoms with Crippen LogP contribution in [0.2, 0.25) is 0 Å². The number of carbonyl (C=O) groups is 1. The van der Waals surface area contributed by atoms with Gasteiger partial charge in [-0.05, 0) is 30.9 Å². The zero-order valence-corrected chi connectivity index (χ0v) is 11.7. The molecule has 1 saturated carbocycles. The molecular formula is C15H21FN2O2. The first kappa shape index (κ1) is 14.6. The standard InChI is InChI=1S/C15H21FN2O2/c1-2-9-5-3-4-6-13(9)18-14-7-10(15(19)20)12(17)8-11(14)16/h7-9,13,18H,2-6,17H2,1H3,(H,19,20). The van der Waals surface area contributed by atoms with Crippen LogP contribution in [0.1, 0.15) is 49.4 Å². The Morgan fingerprint density at radius 2 is 2.15 bits per heavy atom. The monoisotopic (exact) mass is 280 g/mol. The summed E-state index contributed by atoms with van der Waals surface area (Å²) in [5, 5.41) is 12.2. The number of hydrogen-bond acceptors (Lipinski definition) is 3. The fraction of sp³-hybridized carbons (Fsp3) is 0.533. The number of halogens is 1. The van der Waals surface area contributed by atoms with Gasteiger partial charge in [0.15, 0.2) is 0 Å². The Hall–Kier alpha value is -1.78. The predicted molar refractivity (Wildman–Crippen MR) is 77.4 cm³/mol. The summed E-state index contributed by atoms with van der Waals surface area (Å²) >= 11 is 0. The lowest BCUT2D eigenvalue weighted by atomic mass is 9.83. The minimum atomic E-state index is -1.14. The molecular weight excluding hydrogens is 259 g/mol. The highest BCUT2D eigenvalue weighted by Crippen LogP contribution is 2.31. The Morgan fingerprint density at radius 1 is 1.45 bits per heavy atom. The number of benzene rings is 1. The fourth-order valence-electron chi connectivity index (χ4n) is 2.97. The lowest BCUT2D eigenvalue weighted by Crippen LogP contribution is -2.32. The van der Waals surface area contributed by atoms with Crippen LogP contribution in [0.3, 0.4) is 0 Å². The summed E-state index contributed by atoms with van der Waals surface area (Å²) in [7, 11) is 0. The van der Waals surface area contributed by atoms with E-state index in [0.29, 0.717) is 5.92 Å². The third kappa shape index (κ3) is 3.03. The Labute approximate surface area is 118 Å². The van der Waals surface area contributed by atoms with Gasteiger partial charge in [0.2, 0.25) is 0 Å². The molecule has 1 aliphatic carbocycles. The fourth-order valence-corrected chi connectivity index (χ4v) is 2.97. The summed E-state index contributed by atoms with van der Waals surface area (Å²) in [6, 6.07) is 2.58. The third-order valence-electron chi connectivity index (χ3n) is 4.14. The average Bonchev–Trinajstić information content (AvgIpc) is 2.42. The van der Waals surface area contributed by atoms with Crippen LogP contribution in [-0.4, -0.2) is 17.1 Å². The van der Waals surface area contributed by atoms with Gasteiger partial charge in [0.05, 0.1) is 11.3 Å². The van der Waals surface area contributed by atoms with Crippen LogP contribution in [0.5, 0.6) is 0 Å². The van der Waals surface area contributed by atoms with Crippen LogP contribution < -0.4 is 11.1 Å². The van der Waals surface area contributed by atoms with Crippen LogP contribution in [0, 0.1) is 11.7 Å². The first-order valence-electron chi connectivity index (χ1n) is 7.11. The highest BCUT2D eigenvalue weighted by molar-refractivity contribution is 5.94. The summed E-state index contributed by atoms with van der Waals surface area (Å²) < 4.78 is 13.9. The summed E-state index contributed by atoms with van der Waals surface area (Å²) in [5.41, 5.74) is 5.66. The van der Waals surface area contributed by atoms with E-state index in [2.05, 4.69) is 12.2 Å². The van der Waals surface area contributed by atoms with E-state index in [9.17, 15) is 9.18 Å². The van der Waals surface area contributed by atoms with Crippen molar-refractivity contribution in [1.29, 1.82) is 0 Å².